The molecule has 0 aliphatic heterocycles. The number of hydrogen-bond acceptors (Lipinski definition) is 4. The topological polar surface area (TPSA) is 38.7 Å². The van der Waals surface area contributed by atoms with Gasteiger partial charge in [-0.05, 0) is 74.6 Å². The summed E-state index contributed by atoms with van der Waals surface area (Å²) in [6.45, 7) is 0. The smallest absolute Gasteiger partial charge is 0.160 e. The van der Waals surface area contributed by atoms with Crippen LogP contribution in [0.5, 0.6) is 0 Å². The summed E-state index contributed by atoms with van der Waals surface area (Å²) in [4.78, 5) is 15.6. The minimum absolute atomic E-state index is 0.705. The second-order valence-electron chi connectivity index (χ2n) is 12.4. The van der Waals surface area contributed by atoms with Crippen LogP contribution in [0.3, 0.4) is 0 Å². The summed E-state index contributed by atoms with van der Waals surface area (Å²) in [5.41, 5.74) is 9.41. The number of rotatable bonds is 4. The van der Waals surface area contributed by atoms with Crippen LogP contribution < -0.4 is 0 Å². The molecule has 0 saturated carbocycles. The molecule has 0 spiro atoms. The molecule has 0 amide bonds. The van der Waals surface area contributed by atoms with E-state index in [0.29, 0.717) is 5.82 Å². The Morgan fingerprint density at radius 2 is 1.08 bits per heavy atom. The molecule has 3 nitrogen and oxygen atoms in total. The number of aromatic nitrogens is 3. The molecule has 0 radical (unpaired) electrons. The van der Waals surface area contributed by atoms with Gasteiger partial charge >= 0.3 is 0 Å². The molecule has 0 saturated heterocycles. The maximum atomic E-state index is 5.36. The van der Waals surface area contributed by atoms with E-state index in [9.17, 15) is 0 Å². The third-order valence-corrected chi connectivity index (χ3v) is 10.6. The van der Waals surface area contributed by atoms with Crippen molar-refractivity contribution in [3.8, 4) is 44.9 Å². The first-order valence-electron chi connectivity index (χ1n) is 16.4. The summed E-state index contributed by atoms with van der Waals surface area (Å²) in [5.74, 6) is 0.705. The quantitative estimate of drug-likeness (QED) is 0.180. The van der Waals surface area contributed by atoms with Gasteiger partial charge in [-0.2, -0.15) is 0 Å². The van der Waals surface area contributed by atoms with Gasteiger partial charge in [0.15, 0.2) is 5.82 Å². The van der Waals surface area contributed by atoms with Crippen molar-refractivity contribution in [1.29, 1.82) is 0 Å². The van der Waals surface area contributed by atoms with Gasteiger partial charge in [-0.15, -0.1) is 11.3 Å². The van der Waals surface area contributed by atoms with Gasteiger partial charge in [-0.1, -0.05) is 121 Å². The minimum Gasteiger partial charge on any atom is -0.256 e. The highest BCUT2D eigenvalue weighted by molar-refractivity contribution is 7.26. The summed E-state index contributed by atoms with van der Waals surface area (Å²) in [6, 6.07) is 56.0. The highest BCUT2D eigenvalue weighted by atomic mass is 32.1. The summed E-state index contributed by atoms with van der Waals surface area (Å²) in [6.07, 6.45) is 1.87. The fourth-order valence-corrected chi connectivity index (χ4v) is 8.36. The van der Waals surface area contributed by atoms with Crippen LogP contribution in [-0.2, 0) is 0 Å². The predicted molar refractivity (Wildman–Crippen MR) is 207 cm³/mol. The molecule has 228 valence electrons. The molecule has 0 fully saturated rings. The van der Waals surface area contributed by atoms with Gasteiger partial charge < -0.3 is 0 Å². The lowest BCUT2D eigenvalue weighted by Crippen LogP contribution is -1.95. The van der Waals surface area contributed by atoms with Gasteiger partial charge in [0, 0.05) is 38.4 Å². The molecule has 0 aliphatic rings. The van der Waals surface area contributed by atoms with Crippen molar-refractivity contribution in [2.75, 3.05) is 0 Å². The van der Waals surface area contributed by atoms with E-state index in [0.717, 1.165) is 60.0 Å². The molecule has 0 aliphatic carbocycles. The van der Waals surface area contributed by atoms with Crippen LogP contribution in [0.2, 0.25) is 0 Å². The van der Waals surface area contributed by atoms with Crippen molar-refractivity contribution < 1.29 is 0 Å². The number of hydrogen-bond donors (Lipinski definition) is 0. The number of benzene rings is 7. The van der Waals surface area contributed by atoms with Crippen molar-refractivity contribution in [1.82, 2.24) is 15.0 Å². The SMILES string of the molecule is c1ccc(-c2nc(-c3cc(-c4cc5ccccc5c5ccccc45)cc(-c4cccc5cccnc45)c3)nc3c2sc2ccccc23)cc1. The predicted octanol–water partition coefficient (Wildman–Crippen LogP) is 12.4. The second kappa shape index (κ2) is 11.2. The Kier molecular flexibility index (Phi) is 6.36. The average Bonchev–Trinajstić information content (AvgIpc) is 3.56. The van der Waals surface area contributed by atoms with E-state index in [-0.39, 0.29) is 0 Å². The fourth-order valence-electron chi connectivity index (χ4n) is 7.21. The lowest BCUT2D eigenvalue weighted by atomic mass is 9.90. The summed E-state index contributed by atoms with van der Waals surface area (Å²) in [5, 5.41) is 7.18. The zero-order chi connectivity index (χ0) is 32.3. The third-order valence-electron chi connectivity index (χ3n) is 9.48. The normalized spacial score (nSPS) is 11.7. The molecule has 0 bridgehead atoms. The lowest BCUT2D eigenvalue weighted by Gasteiger charge is -2.15. The molecule has 49 heavy (non-hydrogen) atoms. The zero-order valence-corrected chi connectivity index (χ0v) is 27.2. The maximum Gasteiger partial charge on any atom is 0.160 e. The molecule has 0 atom stereocenters. The first-order chi connectivity index (χ1) is 24.3. The second-order valence-corrected chi connectivity index (χ2v) is 13.5. The standard InChI is InChI=1S/C45H27N3S/c1-2-12-29(13-3-1)42-44-43(38-20-8-9-22-40(38)49-44)48-45(47-42)33-25-31(35-21-10-15-28-16-11-23-46-41(28)35)24-32(26-33)39-27-30-14-4-5-17-34(30)36-18-6-7-19-37(36)39/h1-27H. The molecular formula is C45H27N3S. The molecule has 7 aromatic carbocycles. The third kappa shape index (κ3) is 4.61. The Bertz CT molecular complexity index is 2890. The Morgan fingerprint density at radius 1 is 0.408 bits per heavy atom. The number of fused-ring (bicyclic) bond motifs is 7. The first-order valence-corrected chi connectivity index (χ1v) is 17.3. The van der Waals surface area contributed by atoms with Crippen LogP contribution in [0.4, 0.5) is 0 Å². The molecule has 10 aromatic rings. The van der Waals surface area contributed by atoms with Crippen LogP contribution in [-0.4, -0.2) is 15.0 Å². The van der Waals surface area contributed by atoms with E-state index in [2.05, 4.69) is 152 Å². The van der Waals surface area contributed by atoms with Crippen molar-refractivity contribution in [2.24, 2.45) is 0 Å². The molecule has 10 rings (SSSR count). The minimum atomic E-state index is 0.705. The van der Waals surface area contributed by atoms with E-state index < -0.39 is 0 Å². The molecule has 0 unspecified atom stereocenters. The van der Waals surface area contributed by atoms with Gasteiger partial charge in [0.1, 0.15) is 0 Å². The Labute approximate surface area is 286 Å². The Balaban J connectivity index is 1.31. The highest BCUT2D eigenvalue weighted by Crippen LogP contribution is 2.42. The number of nitrogens with zero attached hydrogens (tertiary/aromatic N) is 3. The lowest BCUT2D eigenvalue weighted by molar-refractivity contribution is 1.24. The van der Waals surface area contributed by atoms with Crippen molar-refractivity contribution >= 4 is 64.1 Å². The van der Waals surface area contributed by atoms with Crippen molar-refractivity contribution in [3.63, 3.8) is 0 Å². The number of para-hydroxylation sites is 1. The van der Waals surface area contributed by atoms with Crippen molar-refractivity contribution in [3.05, 3.63) is 164 Å². The van der Waals surface area contributed by atoms with E-state index >= 15 is 0 Å². The fraction of sp³-hybridized carbons (Fsp3) is 0. The van der Waals surface area contributed by atoms with Gasteiger partial charge in [-0.3, -0.25) is 4.98 Å². The molecular weight excluding hydrogens is 615 g/mol. The summed E-state index contributed by atoms with van der Waals surface area (Å²) in [7, 11) is 0. The van der Waals surface area contributed by atoms with E-state index in [1.165, 1.54) is 31.8 Å². The molecule has 3 heterocycles. The Morgan fingerprint density at radius 3 is 1.96 bits per heavy atom. The van der Waals surface area contributed by atoms with Gasteiger partial charge in [0.25, 0.3) is 0 Å². The van der Waals surface area contributed by atoms with Crippen molar-refractivity contribution in [2.45, 2.75) is 0 Å². The van der Waals surface area contributed by atoms with Crippen LogP contribution in [0.1, 0.15) is 0 Å². The Hall–Kier alpha value is -6.23. The maximum absolute atomic E-state index is 5.36. The average molecular weight is 642 g/mol. The van der Waals surface area contributed by atoms with E-state index in [1.54, 1.807) is 11.3 Å². The molecule has 0 N–H and O–H groups in total. The van der Waals surface area contributed by atoms with Gasteiger partial charge in [-0.25, -0.2) is 9.97 Å². The van der Waals surface area contributed by atoms with E-state index in [1.807, 2.05) is 12.3 Å². The first kappa shape index (κ1) is 27.8. The van der Waals surface area contributed by atoms with Crippen LogP contribution in [0, 0.1) is 0 Å². The van der Waals surface area contributed by atoms with Crippen LogP contribution >= 0.6 is 11.3 Å². The van der Waals surface area contributed by atoms with Gasteiger partial charge in [0.2, 0.25) is 0 Å². The highest BCUT2D eigenvalue weighted by Gasteiger charge is 2.19. The number of thiophene rings is 1. The molecule has 4 heteroatoms. The van der Waals surface area contributed by atoms with E-state index in [4.69, 9.17) is 15.0 Å². The zero-order valence-electron chi connectivity index (χ0n) is 26.3. The van der Waals surface area contributed by atoms with Crippen LogP contribution in [0.25, 0.3) is 97.6 Å². The largest absolute Gasteiger partial charge is 0.256 e. The van der Waals surface area contributed by atoms with Crippen LogP contribution in [0.15, 0.2) is 164 Å². The van der Waals surface area contributed by atoms with Gasteiger partial charge in [0.05, 0.1) is 21.4 Å². The summed E-state index contributed by atoms with van der Waals surface area (Å²) < 4.78 is 2.31. The number of pyridine rings is 1. The summed E-state index contributed by atoms with van der Waals surface area (Å²) >= 11 is 1.76. The molecule has 3 aromatic heterocycles. The monoisotopic (exact) mass is 641 g/mol.